The molecule has 0 saturated heterocycles. The van der Waals surface area contributed by atoms with Crippen LogP contribution >= 0.6 is 0 Å². The normalized spacial score (nSPS) is 11.6. The first kappa shape index (κ1) is 21.4. The minimum absolute atomic E-state index is 0.0883. The molecule has 0 aliphatic heterocycles. The van der Waals surface area contributed by atoms with Crippen molar-refractivity contribution < 1.29 is 13.2 Å². The van der Waals surface area contributed by atoms with E-state index < -0.39 is 10.0 Å². The maximum absolute atomic E-state index is 12.5. The zero-order valence-electron chi connectivity index (χ0n) is 15.8. The lowest BCUT2D eigenvalue weighted by molar-refractivity contribution is -0.130. The molecule has 1 aromatic carbocycles. The highest BCUT2D eigenvalue weighted by atomic mass is 32.2. The van der Waals surface area contributed by atoms with E-state index in [-0.39, 0.29) is 5.91 Å². The molecule has 1 rings (SSSR count). The van der Waals surface area contributed by atoms with Gasteiger partial charge in [-0.15, -0.1) is 0 Å². The molecule has 0 bridgehead atoms. The van der Waals surface area contributed by atoms with E-state index in [9.17, 15) is 13.2 Å². The number of carbonyl (C=O) groups is 1. The van der Waals surface area contributed by atoms with Crippen LogP contribution in [-0.2, 0) is 21.2 Å². The largest absolute Gasteiger partial charge is 0.339 e. The molecule has 0 unspecified atom stereocenters. The first-order valence-electron chi connectivity index (χ1n) is 8.77. The molecule has 0 N–H and O–H groups in total. The Balaban J connectivity index is 2.75. The Morgan fingerprint density at radius 2 is 1.60 bits per heavy atom. The van der Waals surface area contributed by atoms with Gasteiger partial charge >= 0.3 is 0 Å². The average molecular weight is 367 g/mol. The second kappa shape index (κ2) is 9.73. The van der Waals surface area contributed by atoms with Crippen molar-refractivity contribution in [2.24, 2.45) is 0 Å². The average Bonchev–Trinajstić information content (AvgIpc) is 2.58. The van der Waals surface area contributed by atoms with Crippen LogP contribution in [0, 0.1) is 0 Å². The number of benzene rings is 1. The molecule has 1 aromatic rings. The van der Waals surface area contributed by atoms with Crippen LogP contribution in [0.5, 0.6) is 0 Å². The molecule has 0 aromatic heterocycles. The van der Waals surface area contributed by atoms with E-state index in [0.29, 0.717) is 43.9 Å². The lowest BCUT2D eigenvalue weighted by Crippen LogP contribution is -2.32. The van der Waals surface area contributed by atoms with Gasteiger partial charge in [-0.25, -0.2) is 8.42 Å². The van der Waals surface area contributed by atoms with Crippen molar-refractivity contribution in [1.29, 1.82) is 0 Å². The molecule has 0 heterocycles. The summed E-state index contributed by atoms with van der Waals surface area (Å²) in [6.45, 7) is 13.5. The number of sulfonamides is 1. The van der Waals surface area contributed by atoms with E-state index in [0.717, 1.165) is 11.1 Å². The van der Waals surface area contributed by atoms with Crippen molar-refractivity contribution in [2.45, 2.75) is 45.4 Å². The summed E-state index contributed by atoms with van der Waals surface area (Å²) in [6.07, 6.45) is 1.00. The Labute approximate surface area is 152 Å². The van der Waals surface area contributed by atoms with Gasteiger partial charge < -0.3 is 4.90 Å². The number of carbonyl (C=O) groups excluding carboxylic acids is 1. The second-order valence-electron chi connectivity index (χ2n) is 6.10. The fourth-order valence-electron chi connectivity index (χ4n) is 2.65. The number of amides is 1. The molecule has 0 radical (unpaired) electrons. The summed E-state index contributed by atoms with van der Waals surface area (Å²) in [5, 5.41) is 0. The molecule has 25 heavy (non-hydrogen) atoms. The number of rotatable bonds is 10. The first-order valence-corrected chi connectivity index (χ1v) is 10.2. The van der Waals surface area contributed by atoms with Gasteiger partial charge in [0.2, 0.25) is 15.9 Å². The van der Waals surface area contributed by atoms with Gasteiger partial charge in [0.05, 0.1) is 4.90 Å². The summed E-state index contributed by atoms with van der Waals surface area (Å²) in [4.78, 5) is 14.3. The smallest absolute Gasteiger partial charge is 0.243 e. The van der Waals surface area contributed by atoms with Crippen molar-refractivity contribution in [3.63, 3.8) is 0 Å². The fraction of sp³-hybridized carbons (Fsp3) is 0.526. The highest BCUT2D eigenvalue weighted by Crippen LogP contribution is 2.17. The lowest BCUT2D eigenvalue weighted by atomic mass is 10.1. The van der Waals surface area contributed by atoms with Crippen LogP contribution in [0.4, 0.5) is 0 Å². The Morgan fingerprint density at radius 3 is 2.04 bits per heavy atom. The Bertz CT molecular complexity index is 677. The Morgan fingerprint density at radius 1 is 1.04 bits per heavy atom. The molecular formula is C19H30N2O3S. The molecule has 0 aliphatic carbocycles. The topological polar surface area (TPSA) is 57.7 Å². The first-order chi connectivity index (χ1) is 11.8. The molecule has 0 saturated carbocycles. The highest BCUT2D eigenvalue weighted by molar-refractivity contribution is 7.89. The number of aryl methyl sites for hydroxylation is 1. The minimum atomic E-state index is -3.43. The molecular weight excluding hydrogens is 336 g/mol. The third kappa shape index (κ3) is 5.97. The lowest BCUT2D eigenvalue weighted by Gasteiger charge is -2.21. The molecule has 6 heteroatoms. The molecule has 5 nitrogen and oxygen atoms in total. The van der Waals surface area contributed by atoms with Gasteiger partial charge in [0.15, 0.2) is 0 Å². The van der Waals surface area contributed by atoms with Crippen LogP contribution < -0.4 is 0 Å². The SMILES string of the molecule is C=C(C)CN(CC)C(=O)CCc1ccc(S(=O)(=O)N(CC)CC)cc1. The van der Waals surface area contributed by atoms with Crippen LogP contribution in [0.15, 0.2) is 41.3 Å². The van der Waals surface area contributed by atoms with Gasteiger partial charge in [0, 0.05) is 32.6 Å². The number of hydrogen-bond acceptors (Lipinski definition) is 3. The van der Waals surface area contributed by atoms with E-state index in [4.69, 9.17) is 0 Å². The summed E-state index contributed by atoms with van der Waals surface area (Å²) in [6, 6.07) is 6.83. The third-order valence-electron chi connectivity index (χ3n) is 4.09. The van der Waals surface area contributed by atoms with Crippen LogP contribution in [-0.4, -0.2) is 49.7 Å². The predicted octanol–water partition coefficient (Wildman–Crippen LogP) is 3.07. The van der Waals surface area contributed by atoms with E-state index >= 15 is 0 Å². The van der Waals surface area contributed by atoms with E-state index in [2.05, 4.69) is 6.58 Å². The van der Waals surface area contributed by atoms with Gasteiger partial charge in [-0.05, 0) is 38.0 Å². The van der Waals surface area contributed by atoms with Crippen LogP contribution in [0.3, 0.4) is 0 Å². The molecule has 0 atom stereocenters. The minimum Gasteiger partial charge on any atom is -0.339 e. The van der Waals surface area contributed by atoms with E-state index in [1.807, 2.05) is 27.7 Å². The third-order valence-corrected chi connectivity index (χ3v) is 6.15. The van der Waals surface area contributed by atoms with Crippen molar-refractivity contribution in [3.8, 4) is 0 Å². The molecule has 0 fully saturated rings. The van der Waals surface area contributed by atoms with Gasteiger partial charge in [0.25, 0.3) is 0 Å². The van der Waals surface area contributed by atoms with Gasteiger partial charge in [-0.3, -0.25) is 4.79 Å². The second-order valence-corrected chi connectivity index (χ2v) is 8.04. The standard InChI is InChI=1S/C19H30N2O3S/c1-6-20(15-16(4)5)19(22)14-11-17-9-12-18(13-10-17)25(23,24)21(7-2)8-3/h9-10,12-13H,4,6-8,11,14-15H2,1-3,5H3. The summed E-state index contributed by atoms with van der Waals surface area (Å²) >= 11 is 0. The van der Waals surface area contributed by atoms with Gasteiger partial charge in [-0.2, -0.15) is 4.31 Å². The van der Waals surface area contributed by atoms with Crippen molar-refractivity contribution in [1.82, 2.24) is 9.21 Å². The molecule has 0 aliphatic rings. The number of hydrogen-bond donors (Lipinski definition) is 0. The zero-order valence-corrected chi connectivity index (χ0v) is 16.6. The maximum Gasteiger partial charge on any atom is 0.243 e. The molecule has 1 amide bonds. The Hall–Kier alpha value is -1.66. The van der Waals surface area contributed by atoms with E-state index in [1.165, 1.54) is 4.31 Å². The van der Waals surface area contributed by atoms with Gasteiger partial charge in [0.1, 0.15) is 0 Å². The summed E-state index contributed by atoms with van der Waals surface area (Å²) in [5.74, 6) is 0.0883. The molecule has 140 valence electrons. The summed E-state index contributed by atoms with van der Waals surface area (Å²) < 4.78 is 26.4. The zero-order chi connectivity index (χ0) is 19.0. The van der Waals surface area contributed by atoms with Crippen LogP contribution in [0.1, 0.15) is 39.7 Å². The van der Waals surface area contributed by atoms with Crippen LogP contribution in [0.2, 0.25) is 0 Å². The maximum atomic E-state index is 12.5. The van der Waals surface area contributed by atoms with Crippen molar-refractivity contribution in [2.75, 3.05) is 26.2 Å². The van der Waals surface area contributed by atoms with Crippen molar-refractivity contribution in [3.05, 3.63) is 42.0 Å². The van der Waals surface area contributed by atoms with Gasteiger partial charge in [-0.1, -0.05) is 38.1 Å². The summed E-state index contributed by atoms with van der Waals surface area (Å²) in [5.41, 5.74) is 1.92. The predicted molar refractivity (Wildman–Crippen MR) is 102 cm³/mol. The summed E-state index contributed by atoms with van der Waals surface area (Å²) in [7, 11) is -3.43. The fourth-order valence-corrected chi connectivity index (χ4v) is 4.11. The monoisotopic (exact) mass is 366 g/mol. The van der Waals surface area contributed by atoms with Crippen LogP contribution in [0.25, 0.3) is 0 Å². The van der Waals surface area contributed by atoms with E-state index in [1.54, 1.807) is 29.2 Å². The Kier molecular flexibility index (Phi) is 8.32. The molecule has 0 spiro atoms. The quantitative estimate of drug-likeness (QED) is 0.598. The number of nitrogens with zero attached hydrogens (tertiary/aromatic N) is 2. The highest BCUT2D eigenvalue weighted by Gasteiger charge is 2.21. The van der Waals surface area contributed by atoms with Crippen molar-refractivity contribution >= 4 is 15.9 Å². The number of likely N-dealkylation sites (N-methyl/N-ethyl adjacent to an activating group) is 1.